The molecule has 2 N–H and O–H groups in total. The number of aromatic amines is 2. The van der Waals surface area contributed by atoms with Crippen LogP contribution in [0.1, 0.15) is 12.5 Å². The maximum Gasteiger partial charge on any atom is 0.199 e. The summed E-state index contributed by atoms with van der Waals surface area (Å²) in [6.07, 6.45) is 0.889. The van der Waals surface area contributed by atoms with E-state index in [4.69, 9.17) is 0 Å². The van der Waals surface area contributed by atoms with Gasteiger partial charge in [-0.1, -0.05) is 25.1 Å². The normalized spacial score (nSPS) is 11.7. The number of hydrogen-bond donors (Lipinski definition) is 2. The second-order valence-corrected chi connectivity index (χ2v) is 7.65. The SMILES string of the molecule is CCc1ccc2c(=O)c3cc4[nH]c5ccccc5c(=O)c4c(N(C)C)c3[nH]c2c1. The summed E-state index contributed by atoms with van der Waals surface area (Å²) in [4.78, 5) is 35.4. The third kappa shape index (κ3) is 2.47. The number of H-pyrrole nitrogens is 2. The maximum absolute atomic E-state index is 13.4. The van der Waals surface area contributed by atoms with E-state index in [0.29, 0.717) is 32.6 Å². The van der Waals surface area contributed by atoms with E-state index >= 15 is 0 Å². The fourth-order valence-corrected chi connectivity index (χ4v) is 4.21. The number of para-hydroxylation sites is 1. The largest absolute Gasteiger partial charge is 0.375 e. The van der Waals surface area contributed by atoms with Gasteiger partial charge in [-0.25, -0.2) is 0 Å². The fourth-order valence-electron chi connectivity index (χ4n) is 4.21. The smallest absolute Gasteiger partial charge is 0.199 e. The minimum atomic E-state index is -0.0387. The highest BCUT2D eigenvalue weighted by molar-refractivity contribution is 6.12. The third-order valence-electron chi connectivity index (χ3n) is 5.66. The number of pyridine rings is 2. The lowest BCUT2D eigenvalue weighted by Crippen LogP contribution is -2.17. The summed E-state index contributed by atoms with van der Waals surface area (Å²) in [5, 5.41) is 2.45. The first-order chi connectivity index (χ1) is 14.0. The van der Waals surface area contributed by atoms with E-state index in [1.54, 1.807) is 6.07 Å². The first kappa shape index (κ1) is 17.5. The van der Waals surface area contributed by atoms with Gasteiger partial charge in [-0.05, 0) is 42.3 Å². The molecule has 144 valence electrons. The van der Waals surface area contributed by atoms with Gasteiger partial charge in [0.25, 0.3) is 0 Å². The van der Waals surface area contributed by atoms with E-state index in [1.807, 2.05) is 61.5 Å². The molecule has 2 aromatic heterocycles. The Morgan fingerprint density at radius 2 is 1.55 bits per heavy atom. The van der Waals surface area contributed by atoms with E-state index < -0.39 is 0 Å². The summed E-state index contributed by atoms with van der Waals surface area (Å²) in [7, 11) is 3.79. The highest BCUT2D eigenvalue weighted by Gasteiger charge is 2.18. The molecule has 0 saturated heterocycles. The van der Waals surface area contributed by atoms with Gasteiger partial charge in [0.2, 0.25) is 0 Å². The zero-order chi connectivity index (χ0) is 20.3. The molecule has 3 aromatic carbocycles. The van der Waals surface area contributed by atoms with Crippen molar-refractivity contribution < 1.29 is 0 Å². The number of fused-ring (bicyclic) bond motifs is 4. The van der Waals surface area contributed by atoms with Crippen LogP contribution in [0, 0.1) is 0 Å². The van der Waals surface area contributed by atoms with Crippen LogP contribution < -0.4 is 15.8 Å². The Morgan fingerprint density at radius 1 is 0.793 bits per heavy atom. The molecule has 0 aliphatic carbocycles. The molecule has 0 fully saturated rings. The molecule has 0 aliphatic heterocycles. The van der Waals surface area contributed by atoms with Crippen molar-refractivity contribution in [2.45, 2.75) is 13.3 Å². The van der Waals surface area contributed by atoms with Gasteiger partial charge in [0.1, 0.15) is 0 Å². The molecule has 5 nitrogen and oxygen atoms in total. The van der Waals surface area contributed by atoms with Crippen molar-refractivity contribution in [3.05, 3.63) is 74.5 Å². The average molecular weight is 383 g/mol. The topological polar surface area (TPSA) is 69.0 Å². The van der Waals surface area contributed by atoms with Gasteiger partial charge < -0.3 is 14.9 Å². The Labute approximate surface area is 166 Å². The first-order valence-electron chi connectivity index (χ1n) is 9.73. The number of rotatable bonds is 2. The zero-order valence-corrected chi connectivity index (χ0v) is 16.6. The summed E-state index contributed by atoms with van der Waals surface area (Å²) in [5.41, 5.74) is 4.72. The highest BCUT2D eigenvalue weighted by atomic mass is 16.1. The van der Waals surface area contributed by atoms with Crippen LogP contribution in [-0.4, -0.2) is 24.1 Å². The average Bonchev–Trinajstić information content (AvgIpc) is 2.72. The summed E-state index contributed by atoms with van der Waals surface area (Å²) < 4.78 is 0. The summed E-state index contributed by atoms with van der Waals surface area (Å²) >= 11 is 0. The molecule has 0 aliphatic rings. The molecular weight excluding hydrogens is 362 g/mol. The van der Waals surface area contributed by atoms with Crippen molar-refractivity contribution in [3.63, 3.8) is 0 Å². The van der Waals surface area contributed by atoms with Crippen molar-refractivity contribution in [2.75, 3.05) is 19.0 Å². The van der Waals surface area contributed by atoms with Gasteiger partial charge >= 0.3 is 0 Å². The van der Waals surface area contributed by atoms with Crippen LogP contribution in [0.4, 0.5) is 5.69 Å². The first-order valence-corrected chi connectivity index (χ1v) is 9.73. The van der Waals surface area contributed by atoms with Gasteiger partial charge in [-0.15, -0.1) is 0 Å². The van der Waals surface area contributed by atoms with Gasteiger partial charge in [0.05, 0.1) is 33.0 Å². The lowest BCUT2D eigenvalue weighted by Gasteiger charge is -2.19. The van der Waals surface area contributed by atoms with Crippen LogP contribution in [0.5, 0.6) is 0 Å². The molecule has 2 heterocycles. The van der Waals surface area contributed by atoms with E-state index in [0.717, 1.165) is 28.7 Å². The van der Waals surface area contributed by atoms with Gasteiger partial charge in [0.15, 0.2) is 10.9 Å². The molecule has 0 bridgehead atoms. The summed E-state index contributed by atoms with van der Waals surface area (Å²) in [6, 6.07) is 15.2. The third-order valence-corrected chi connectivity index (χ3v) is 5.66. The summed E-state index contributed by atoms with van der Waals surface area (Å²) in [6.45, 7) is 2.09. The Bertz CT molecular complexity index is 1560. The number of nitrogens with one attached hydrogen (secondary N) is 2. The zero-order valence-electron chi connectivity index (χ0n) is 16.6. The van der Waals surface area contributed by atoms with Crippen molar-refractivity contribution in [1.29, 1.82) is 0 Å². The van der Waals surface area contributed by atoms with Crippen LogP contribution in [0.25, 0.3) is 43.6 Å². The summed E-state index contributed by atoms with van der Waals surface area (Å²) in [5.74, 6) is 0. The van der Waals surface area contributed by atoms with Crippen molar-refractivity contribution in [2.24, 2.45) is 0 Å². The molecule has 0 saturated carbocycles. The van der Waals surface area contributed by atoms with Crippen molar-refractivity contribution in [3.8, 4) is 0 Å². The molecule has 0 spiro atoms. The molecule has 0 radical (unpaired) electrons. The van der Waals surface area contributed by atoms with E-state index in [-0.39, 0.29) is 10.9 Å². The second-order valence-electron chi connectivity index (χ2n) is 7.65. The monoisotopic (exact) mass is 383 g/mol. The van der Waals surface area contributed by atoms with Gasteiger partial charge in [0, 0.05) is 30.4 Å². The molecule has 29 heavy (non-hydrogen) atoms. The number of benzene rings is 3. The Balaban J connectivity index is 2.07. The van der Waals surface area contributed by atoms with Crippen LogP contribution in [0.3, 0.4) is 0 Å². The Kier molecular flexibility index (Phi) is 3.74. The van der Waals surface area contributed by atoms with Crippen LogP contribution in [0.2, 0.25) is 0 Å². The van der Waals surface area contributed by atoms with Crippen LogP contribution in [0.15, 0.2) is 58.1 Å². The standard InChI is InChI=1S/C24H21N3O2/c1-4-13-9-10-15-18(11-13)26-21-16(23(15)28)12-19-20(22(21)27(2)3)24(29)14-7-5-6-8-17(14)25-19/h5-12H,4H2,1-3H3,(H,25,29)(H,26,28). The lowest BCUT2D eigenvalue weighted by atomic mass is 10.0. The Morgan fingerprint density at radius 3 is 2.31 bits per heavy atom. The molecular formula is C24H21N3O2. The van der Waals surface area contributed by atoms with E-state index in [1.165, 1.54) is 0 Å². The molecule has 0 unspecified atom stereocenters. The maximum atomic E-state index is 13.4. The number of aromatic nitrogens is 2. The molecule has 5 aromatic rings. The van der Waals surface area contributed by atoms with Crippen LogP contribution in [-0.2, 0) is 6.42 Å². The number of hydrogen-bond acceptors (Lipinski definition) is 3. The quantitative estimate of drug-likeness (QED) is 0.447. The minimum absolute atomic E-state index is 0.0320. The number of aryl methyl sites for hydroxylation is 1. The molecule has 0 amide bonds. The second kappa shape index (κ2) is 6.21. The minimum Gasteiger partial charge on any atom is -0.375 e. The fraction of sp³-hybridized carbons (Fsp3) is 0.167. The van der Waals surface area contributed by atoms with E-state index in [9.17, 15) is 9.59 Å². The van der Waals surface area contributed by atoms with Gasteiger partial charge in [-0.3, -0.25) is 9.59 Å². The number of nitrogens with zero attached hydrogens (tertiary/aromatic N) is 1. The number of anilines is 1. The predicted molar refractivity (Wildman–Crippen MR) is 121 cm³/mol. The molecule has 5 heteroatoms. The molecule has 5 rings (SSSR count). The van der Waals surface area contributed by atoms with Crippen molar-refractivity contribution in [1.82, 2.24) is 9.97 Å². The highest BCUT2D eigenvalue weighted by Crippen LogP contribution is 2.32. The van der Waals surface area contributed by atoms with E-state index in [2.05, 4.69) is 16.9 Å². The van der Waals surface area contributed by atoms with Gasteiger partial charge in [-0.2, -0.15) is 0 Å². The predicted octanol–water partition coefficient (Wildman–Crippen LogP) is 4.30. The lowest BCUT2D eigenvalue weighted by molar-refractivity contribution is 1.14. The Hall–Kier alpha value is -3.60. The van der Waals surface area contributed by atoms with Crippen molar-refractivity contribution >= 4 is 49.3 Å². The molecule has 0 atom stereocenters. The van der Waals surface area contributed by atoms with Crippen LogP contribution >= 0.6 is 0 Å².